The number of likely N-dealkylation sites (tertiary alicyclic amines) is 1. The largest absolute Gasteiger partial charge is 0.466 e. The molecule has 1 unspecified atom stereocenters. The molecule has 1 aliphatic carbocycles. The molecule has 9 heteroatoms. The van der Waals surface area contributed by atoms with Gasteiger partial charge in [0.15, 0.2) is 9.84 Å². The molecule has 156 valence electrons. The van der Waals surface area contributed by atoms with Crippen molar-refractivity contribution in [2.45, 2.75) is 37.0 Å². The van der Waals surface area contributed by atoms with Gasteiger partial charge in [-0.15, -0.1) is 0 Å². The van der Waals surface area contributed by atoms with Gasteiger partial charge in [0.05, 0.1) is 20.1 Å². The fourth-order valence-corrected chi connectivity index (χ4v) is 5.99. The van der Waals surface area contributed by atoms with Gasteiger partial charge in [0, 0.05) is 28.1 Å². The summed E-state index contributed by atoms with van der Waals surface area (Å²) in [7, 11) is -2.34. The Bertz CT molecular complexity index is 1030. The van der Waals surface area contributed by atoms with E-state index in [-0.39, 0.29) is 18.9 Å². The van der Waals surface area contributed by atoms with Crippen molar-refractivity contribution in [1.29, 1.82) is 0 Å². The summed E-state index contributed by atoms with van der Waals surface area (Å²) < 4.78 is 29.0. The third-order valence-corrected chi connectivity index (χ3v) is 7.99. The minimum Gasteiger partial charge on any atom is -0.466 e. The molecule has 1 aromatic carbocycles. The van der Waals surface area contributed by atoms with Crippen LogP contribution in [0.3, 0.4) is 0 Å². The van der Waals surface area contributed by atoms with E-state index < -0.39 is 20.6 Å². The third-order valence-electron chi connectivity index (χ3n) is 5.45. The number of methoxy groups -OCH3 is 1. The lowest BCUT2D eigenvalue weighted by molar-refractivity contribution is -0.134. The van der Waals surface area contributed by atoms with Gasteiger partial charge in [-0.25, -0.2) is 13.2 Å². The van der Waals surface area contributed by atoms with Crippen LogP contribution in [0.4, 0.5) is 0 Å². The second-order valence-corrected chi connectivity index (χ2v) is 10.4. The third kappa shape index (κ3) is 4.09. The quantitative estimate of drug-likeness (QED) is 0.497. The number of carbonyl (C=O) groups excluding carboxylic acids is 2. The molecule has 1 atom stereocenters. The molecule has 1 saturated heterocycles. The van der Waals surface area contributed by atoms with E-state index in [1.807, 2.05) is 0 Å². The summed E-state index contributed by atoms with van der Waals surface area (Å²) in [6.07, 6.45) is 5.34. The van der Waals surface area contributed by atoms with Crippen LogP contribution in [0.25, 0.3) is 0 Å². The van der Waals surface area contributed by atoms with Crippen LogP contribution >= 0.6 is 23.2 Å². The smallest absolute Gasteiger partial charge is 0.330 e. The predicted octanol–water partition coefficient (Wildman–Crippen LogP) is 3.68. The topological polar surface area (TPSA) is 80.8 Å². The van der Waals surface area contributed by atoms with Gasteiger partial charge >= 0.3 is 5.97 Å². The maximum atomic E-state index is 13.0. The number of benzene rings is 1. The van der Waals surface area contributed by atoms with Crippen molar-refractivity contribution in [2.24, 2.45) is 0 Å². The lowest BCUT2D eigenvalue weighted by atomic mass is 9.86. The van der Waals surface area contributed by atoms with Gasteiger partial charge in [0.2, 0.25) is 5.91 Å². The lowest BCUT2D eigenvalue weighted by Crippen LogP contribution is -2.41. The summed E-state index contributed by atoms with van der Waals surface area (Å²) in [5, 5.41) is 0.862. The SMILES string of the molecule is COC(=O)/C=C/C1=C2N(Cc3ccc(Cl)cc3Cl)C(=O)CC2(S(C)(=O)=O)CCC1. The molecule has 1 aliphatic heterocycles. The molecular formula is C20H21Cl2NO5S. The summed E-state index contributed by atoms with van der Waals surface area (Å²) in [5.74, 6) is -0.840. The normalized spacial score (nSPS) is 22.3. The molecule has 1 heterocycles. The van der Waals surface area contributed by atoms with Crippen molar-refractivity contribution in [3.63, 3.8) is 0 Å². The van der Waals surface area contributed by atoms with Crippen molar-refractivity contribution in [2.75, 3.05) is 13.4 Å². The number of halogens is 2. The molecule has 0 radical (unpaired) electrons. The van der Waals surface area contributed by atoms with E-state index in [9.17, 15) is 18.0 Å². The second-order valence-electron chi connectivity index (χ2n) is 7.24. The van der Waals surface area contributed by atoms with Crippen molar-refractivity contribution in [3.05, 3.63) is 57.2 Å². The van der Waals surface area contributed by atoms with E-state index in [2.05, 4.69) is 4.74 Å². The number of hydrogen-bond acceptors (Lipinski definition) is 5. The van der Waals surface area contributed by atoms with Crippen molar-refractivity contribution < 1.29 is 22.7 Å². The van der Waals surface area contributed by atoms with E-state index in [1.54, 1.807) is 24.3 Å². The molecule has 3 rings (SSSR count). The molecule has 2 aliphatic rings. The zero-order chi connectivity index (χ0) is 21.4. The monoisotopic (exact) mass is 457 g/mol. The molecule has 6 nitrogen and oxygen atoms in total. The zero-order valence-corrected chi connectivity index (χ0v) is 18.4. The zero-order valence-electron chi connectivity index (χ0n) is 16.1. The van der Waals surface area contributed by atoms with Crippen LogP contribution in [0.2, 0.25) is 10.0 Å². The van der Waals surface area contributed by atoms with E-state index in [4.69, 9.17) is 23.2 Å². The predicted molar refractivity (Wildman–Crippen MR) is 111 cm³/mol. The summed E-state index contributed by atoms with van der Waals surface area (Å²) in [5.41, 5.74) is 1.73. The number of ether oxygens (including phenoxy) is 1. The van der Waals surface area contributed by atoms with Crippen LogP contribution < -0.4 is 0 Å². The summed E-state index contributed by atoms with van der Waals surface area (Å²) in [4.78, 5) is 26.0. The molecule has 0 spiro atoms. The molecule has 0 aromatic heterocycles. The van der Waals surface area contributed by atoms with Crippen LogP contribution in [0.15, 0.2) is 41.6 Å². The highest BCUT2D eigenvalue weighted by Crippen LogP contribution is 2.49. The fraction of sp³-hybridized carbons (Fsp3) is 0.400. The number of rotatable bonds is 5. The van der Waals surface area contributed by atoms with E-state index >= 15 is 0 Å². The number of hydrogen-bond donors (Lipinski definition) is 0. The van der Waals surface area contributed by atoms with Crippen molar-refractivity contribution >= 4 is 44.9 Å². The summed E-state index contributed by atoms with van der Waals surface area (Å²) in [6, 6.07) is 4.96. The van der Waals surface area contributed by atoms with E-state index in [0.29, 0.717) is 46.1 Å². The minimum atomic E-state index is -3.60. The highest BCUT2D eigenvalue weighted by molar-refractivity contribution is 7.92. The van der Waals surface area contributed by atoms with Gasteiger partial charge in [-0.05, 0) is 42.5 Å². The van der Waals surface area contributed by atoms with Gasteiger partial charge in [-0.2, -0.15) is 0 Å². The molecule has 0 bridgehead atoms. The Kier molecular flexibility index (Phi) is 6.13. The first-order valence-corrected chi connectivity index (χ1v) is 11.7. The second kappa shape index (κ2) is 8.13. The average Bonchev–Trinajstić information content (AvgIpc) is 2.95. The van der Waals surface area contributed by atoms with Crippen molar-refractivity contribution in [3.8, 4) is 0 Å². The summed E-state index contributed by atoms with van der Waals surface area (Å²) in [6.45, 7) is 0.122. The number of allylic oxidation sites excluding steroid dienone is 2. The van der Waals surface area contributed by atoms with Crippen LogP contribution in [0.1, 0.15) is 31.2 Å². The van der Waals surface area contributed by atoms with Gasteiger partial charge in [-0.1, -0.05) is 35.3 Å². The molecule has 1 aromatic rings. The Morgan fingerprint density at radius 1 is 1.34 bits per heavy atom. The van der Waals surface area contributed by atoms with Crippen LogP contribution in [-0.4, -0.2) is 43.3 Å². The maximum absolute atomic E-state index is 13.0. The number of fused-ring (bicyclic) bond motifs is 1. The van der Waals surface area contributed by atoms with Crippen molar-refractivity contribution in [1.82, 2.24) is 4.90 Å². The standard InChI is InChI=1S/C20H21Cl2NO5S/c1-28-18(25)8-6-13-4-3-9-20(29(2,26)27)11-17(24)23(19(13)20)12-14-5-7-15(21)10-16(14)22/h5-8,10H,3-4,9,11-12H2,1-2H3/b8-6+. The minimum absolute atomic E-state index is 0.122. The highest BCUT2D eigenvalue weighted by atomic mass is 35.5. The Hall–Kier alpha value is -1.83. The molecule has 1 fully saturated rings. The highest BCUT2D eigenvalue weighted by Gasteiger charge is 2.56. The number of carbonyl (C=O) groups is 2. The van der Waals surface area contributed by atoms with E-state index in [1.165, 1.54) is 18.1 Å². The Morgan fingerprint density at radius 2 is 2.07 bits per heavy atom. The maximum Gasteiger partial charge on any atom is 0.330 e. The Balaban J connectivity index is 2.14. The molecule has 1 amide bonds. The first-order chi connectivity index (χ1) is 13.6. The molecule has 29 heavy (non-hydrogen) atoms. The molecular weight excluding hydrogens is 437 g/mol. The van der Waals surface area contributed by atoms with Gasteiger partial charge in [-0.3, -0.25) is 4.79 Å². The van der Waals surface area contributed by atoms with E-state index in [0.717, 1.165) is 6.26 Å². The molecule has 0 N–H and O–H groups in total. The Morgan fingerprint density at radius 3 is 2.69 bits per heavy atom. The number of nitrogens with zero attached hydrogens (tertiary/aromatic N) is 1. The lowest BCUT2D eigenvalue weighted by Gasteiger charge is -2.35. The first kappa shape index (κ1) is 21.9. The Labute approximate surface area is 180 Å². The number of sulfone groups is 1. The van der Waals surface area contributed by atoms with Gasteiger partial charge in [0.1, 0.15) is 4.75 Å². The molecule has 0 saturated carbocycles. The average molecular weight is 458 g/mol. The van der Waals surface area contributed by atoms with Gasteiger partial charge in [0.25, 0.3) is 0 Å². The number of amides is 1. The van der Waals surface area contributed by atoms with Crippen LogP contribution in [0, 0.1) is 0 Å². The summed E-state index contributed by atoms with van der Waals surface area (Å²) >= 11 is 12.2. The van der Waals surface area contributed by atoms with Gasteiger partial charge < -0.3 is 9.64 Å². The van der Waals surface area contributed by atoms with Crippen LogP contribution in [0.5, 0.6) is 0 Å². The number of esters is 1. The fourth-order valence-electron chi connectivity index (χ4n) is 4.03. The first-order valence-electron chi connectivity index (χ1n) is 9.02. The van der Waals surface area contributed by atoms with Crippen LogP contribution in [-0.2, 0) is 30.7 Å².